The van der Waals surface area contributed by atoms with Crippen molar-refractivity contribution >= 4 is 0 Å². The van der Waals surface area contributed by atoms with Crippen LogP contribution in [0.25, 0.3) is 0 Å². The molecule has 108 valence electrons. The molecule has 0 aromatic heterocycles. The van der Waals surface area contributed by atoms with Crippen molar-refractivity contribution in [3.8, 4) is 0 Å². The third-order valence-corrected chi connectivity index (χ3v) is 6.32. The molecule has 0 radical (unpaired) electrons. The fourth-order valence-corrected chi connectivity index (χ4v) is 5.65. The average molecular weight is 269 g/mol. The molecular formula is C19H27N. The molecule has 0 aliphatic heterocycles. The lowest BCUT2D eigenvalue weighted by atomic mass is 9.54. The summed E-state index contributed by atoms with van der Waals surface area (Å²) in [5, 5.41) is 4.02. The van der Waals surface area contributed by atoms with Gasteiger partial charge in [-0.2, -0.15) is 0 Å². The minimum absolute atomic E-state index is 0.499. The molecular weight excluding hydrogens is 242 g/mol. The van der Waals surface area contributed by atoms with Gasteiger partial charge in [0.1, 0.15) is 0 Å². The highest BCUT2D eigenvalue weighted by Crippen LogP contribution is 2.54. The summed E-state index contributed by atoms with van der Waals surface area (Å²) >= 11 is 0. The first-order chi connectivity index (χ1) is 9.70. The SMILES string of the molecule is Cc1ccccc1[C@@H](C)NC1C2CC3CC(C2)CC1C3. The summed E-state index contributed by atoms with van der Waals surface area (Å²) in [6, 6.07) is 10.1. The van der Waals surface area contributed by atoms with E-state index in [0.717, 1.165) is 29.7 Å². The molecule has 1 heteroatoms. The number of rotatable bonds is 3. The first-order valence-electron chi connectivity index (χ1n) is 8.52. The van der Waals surface area contributed by atoms with Gasteiger partial charge in [-0.05, 0) is 80.8 Å². The Balaban J connectivity index is 1.50. The van der Waals surface area contributed by atoms with Crippen LogP contribution in [0.2, 0.25) is 0 Å². The second-order valence-corrected chi connectivity index (χ2v) is 7.70. The van der Waals surface area contributed by atoms with Crippen LogP contribution in [0.5, 0.6) is 0 Å². The normalized spacial score (nSPS) is 40.0. The fourth-order valence-electron chi connectivity index (χ4n) is 5.65. The zero-order valence-corrected chi connectivity index (χ0v) is 12.8. The fraction of sp³-hybridized carbons (Fsp3) is 0.684. The Morgan fingerprint density at radius 2 is 1.55 bits per heavy atom. The molecule has 1 nitrogen and oxygen atoms in total. The lowest BCUT2D eigenvalue weighted by Gasteiger charge is -2.55. The Hall–Kier alpha value is -0.820. The van der Waals surface area contributed by atoms with Crippen LogP contribution in [-0.4, -0.2) is 6.04 Å². The monoisotopic (exact) mass is 269 g/mol. The van der Waals surface area contributed by atoms with Gasteiger partial charge in [0, 0.05) is 12.1 Å². The third kappa shape index (κ3) is 2.11. The molecule has 0 amide bonds. The van der Waals surface area contributed by atoms with E-state index >= 15 is 0 Å². The van der Waals surface area contributed by atoms with Crippen LogP contribution in [0.3, 0.4) is 0 Å². The Labute approximate surface area is 123 Å². The van der Waals surface area contributed by atoms with E-state index in [1.807, 2.05) is 0 Å². The molecule has 4 fully saturated rings. The van der Waals surface area contributed by atoms with E-state index in [9.17, 15) is 0 Å². The van der Waals surface area contributed by atoms with Crippen LogP contribution in [0.1, 0.15) is 56.2 Å². The standard InChI is InChI=1S/C19H27N/c1-12-5-3-4-6-18(12)13(2)20-19-16-8-14-7-15(10-16)11-17(19)9-14/h3-6,13-17,19-20H,7-11H2,1-2H3/t13-,14?,15?,16?,17?,19?/m1/s1. The highest BCUT2D eigenvalue weighted by atomic mass is 15.0. The van der Waals surface area contributed by atoms with Gasteiger partial charge < -0.3 is 5.32 Å². The van der Waals surface area contributed by atoms with Crippen LogP contribution in [0.4, 0.5) is 0 Å². The maximum Gasteiger partial charge on any atom is 0.0297 e. The zero-order chi connectivity index (χ0) is 13.7. The van der Waals surface area contributed by atoms with Crippen molar-refractivity contribution < 1.29 is 0 Å². The first kappa shape index (κ1) is 12.9. The molecule has 4 aliphatic rings. The Bertz CT molecular complexity index is 464. The van der Waals surface area contributed by atoms with Crippen LogP contribution in [-0.2, 0) is 0 Å². The van der Waals surface area contributed by atoms with Crippen LogP contribution in [0.15, 0.2) is 24.3 Å². The molecule has 0 unspecified atom stereocenters. The maximum absolute atomic E-state index is 4.02. The van der Waals surface area contributed by atoms with Crippen molar-refractivity contribution in [1.82, 2.24) is 5.32 Å². The second kappa shape index (κ2) is 4.87. The van der Waals surface area contributed by atoms with Crippen molar-refractivity contribution in [2.45, 2.75) is 58.0 Å². The van der Waals surface area contributed by atoms with Crippen molar-refractivity contribution in [3.63, 3.8) is 0 Å². The highest BCUT2D eigenvalue weighted by Gasteiger charge is 2.48. The minimum atomic E-state index is 0.499. The largest absolute Gasteiger partial charge is 0.307 e. The zero-order valence-electron chi connectivity index (χ0n) is 12.8. The van der Waals surface area contributed by atoms with E-state index in [2.05, 4.69) is 43.4 Å². The number of nitrogens with one attached hydrogen (secondary N) is 1. The summed E-state index contributed by atoms with van der Waals surface area (Å²) in [5.74, 6) is 4.09. The summed E-state index contributed by atoms with van der Waals surface area (Å²) in [7, 11) is 0. The van der Waals surface area contributed by atoms with E-state index in [-0.39, 0.29) is 0 Å². The predicted octanol–water partition coefficient (Wildman–Crippen LogP) is 4.47. The van der Waals surface area contributed by atoms with E-state index in [1.54, 1.807) is 6.42 Å². The lowest BCUT2D eigenvalue weighted by molar-refractivity contribution is -0.0171. The second-order valence-electron chi connectivity index (χ2n) is 7.70. The van der Waals surface area contributed by atoms with Crippen LogP contribution < -0.4 is 5.32 Å². The van der Waals surface area contributed by atoms with Gasteiger partial charge in [-0.15, -0.1) is 0 Å². The van der Waals surface area contributed by atoms with Gasteiger partial charge in [-0.1, -0.05) is 24.3 Å². The number of hydrogen-bond donors (Lipinski definition) is 1. The molecule has 1 atom stereocenters. The molecule has 4 bridgehead atoms. The minimum Gasteiger partial charge on any atom is -0.307 e. The molecule has 5 rings (SSSR count). The van der Waals surface area contributed by atoms with Crippen molar-refractivity contribution in [3.05, 3.63) is 35.4 Å². The van der Waals surface area contributed by atoms with Crippen molar-refractivity contribution in [2.24, 2.45) is 23.7 Å². The van der Waals surface area contributed by atoms with Gasteiger partial charge in [0.2, 0.25) is 0 Å². The first-order valence-corrected chi connectivity index (χ1v) is 8.52. The van der Waals surface area contributed by atoms with Gasteiger partial charge in [0.25, 0.3) is 0 Å². The molecule has 0 heterocycles. The van der Waals surface area contributed by atoms with E-state index < -0.39 is 0 Å². The molecule has 1 aromatic rings. The Kier molecular flexibility index (Phi) is 3.14. The molecule has 4 saturated carbocycles. The van der Waals surface area contributed by atoms with Gasteiger partial charge in [0.05, 0.1) is 0 Å². The number of hydrogen-bond acceptors (Lipinski definition) is 1. The number of benzene rings is 1. The predicted molar refractivity (Wildman–Crippen MR) is 83.6 cm³/mol. The van der Waals surface area contributed by atoms with E-state index in [4.69, 9.17) is 0 Å². The van der Waals surface area contributed by atoms with Gasteiger partial charge >= 0.3 is 0 Å². The van der Waals surface area contributed by atoms with Gasteiger partial charge in [-0.25, -0.2) is 0 Å². The number of aryl methyl sites for hydroxylation is 1. The maximum atomic E-state index is 4.02. The summed E-state index contributed by atoms with van der Waals surface area (Å²) < 4.78 is 0. The van der Waals surface area contributed by atoms with Crippen molar-refractivity contribution in [2.75, 3.05) is 0 Å². The van der Waals surface area contributed by atoms with E-state index in [0.29, 0.717) is 6.04 Å². The third-order valence-electron chi connectivity index (χ3n) is 6.32. The van der Waals surface area contributed by atoms with Crippen LogP contribution >= 0.6 is 0 Å². The topological polar surface area (TPSA) is 12.0 Å². The lowest BCUT2D eigenvalue weighted by Crippen LogP contribution is -2.54. The summed E-state index contributed by atoms with van der Waals surface area (Å²) in [4.78, 5) is 0. The highest BCUT2D eigenvalue weighted by molar-refractivity contribution is 5.28. The van der Waals surface area contributed by atoms with Crippen molar-refractivity contribution in [1.29, 1.82) is 0 Å². The Morgan fingerprint density at radius 1 is 0.950 bits per heavy atom. The molecule has 20 heavy (non-hydrogen) atoms. The molecule has 1 aromatic carbocycles. The molecule has 0 spiro atoms. The molecule has 4 aliphatic carbocycles. The molecule has 1 N–H and O–H groups in total. The smallest absolute Gasteiger partial charge is 0.0297 e. The molecule has 0 saturated heterocycles. The quantitative estimate of drug-likeness (QED) is 0.853. The van der Waals surface area contributed by atoms with Crippen LogP contribution in [0, 0.1) is 30.6 Å². The summed E-state index contributed by atoms with van der Waals surface area (Å²) in [6.07, 6.45) is 7.57. The van der Waals surface area contributed by atoms with E-state index in [1.165, 1.54) is 36.8 Å². The summed E-state index contributed by atoms with van der Waals surface area (Å²) in [5.41, 5.74) is 2.91. The Morgan fingerprint density at radius 3 is 2.15 bits per heavy atom. The van der Waals surface area contributed by atoms with Gasteiger partial charge in [-0.3, -0.25) is 0 Å². The summed E-state index contributed by atoms with van der Waals surface area (Å²) in [6.45, 7) is 4.60. The average Bonchev–Trinajstić information content (AvgIpc) is 2.42. The van der Waals surface area contributed by atoms with Gasteiger partial charge in [0.15, 0.2) is 0 Å².